The number of nitriles is 1. The van der Waals surface area contributed by atoms with Crippen molar-refractivity contribution < 1.29 is 14.7 Å². The topological polar surface area (TPSA) is 93.4 Å². The van der Waals surface area contributed by atoms with Crippen LogP contribution in [0.2, 0.25) is 0 Å². The lowest BCUT2D eigenvalue weighted by Crippen LogP contribution is -2.48. The van der Waals surface area contributed by atoms with Crippen LogP contribution in [-0.2, 0) is 4.79 Å². The Kier molecular flexibility index (Phi) is 4.50. The second kappa shape index (κ2) is 6.75. The number of carbonyl (C=O) groups is 2. The maximum absolute atomic E-state index is 12.2. The lowest BCUT2D eigenvalue weighted by atomic mass is 9.96. The quantitative estimate of drug-likeness (QED) is 0.896. The molecule has 0 aliphatic carbocycles. The molecule has 2 aromatic carbocycles. The molecule has 3 rings (SSSR count). The monoisotopic (exact) mass is 335 g/mol. The molecule has 1 fully saturated rings. The summed E-state index contributed by atoms with van der Waals surface area (Å²) in [7, 11) is 0. The highest BCUT2D eigenvalue weighted by atomic mass is 16.4. The zero-order chi connectivity index (χ0) is 18.0. The molecule has 0 bridgehead atoms. The predicted octanol–water partition coefficient (Wildman–Crippen LogP) is 2.17. The van der Waals surface area contributed by atoms with Crippen LogP contribution < -0.4 is 10.2 Å². The van der Waals surface area contributed by atoms with E-state index in [4.69, 9.17) is 0 Å². The fourth-order valence-electron chi connectivity index (χ4n) is 2.93. The van der Waals surface area contributed by atoms with E-state index >= 15 is 0 Å². The van der Waals surface area contributed by atoms with Crippen LogP contribution in [0.4, 0.5) is 5.69 Å². The highest BCUT2D eigenvalue weighted by Crippen LogP contribution is 2.30. The smallest absolute Gasteiger partial charge is 0.335 e. The molecule has 1 aliphatic rings. The molecular weight excluding hydrogens is 318 g/mol. The van der Waals surface area contributed by atoms with Gasteiger partial charge in [0.25, 0.3) is 0 Å². The summed E-state index contributed by atoms with van der Waals surface area (Å²) in [5.74, 6) is -1.18. The van der Waals surface area contributed by atoms with Gasteiger partial charge in [0.05, 0.1) is 23.7 Å². The van der Waals surface area contributed by atoms with E-state index in [1.165, 1.54) is 12.1 Å². The van der Waals surface area contributed by atoms with Crippen LogP contribution in [0.5, 0.6) is 0 Å². The first kappa shape index (κ1) is 16.7. The normalized spacial score (nSPS) is 14.2. The number of anilines is 1. The van der Waals surface area contributed by atoms with Crippen LogP contribution in [0.1, 0.15) is 21.5 Å². The van der Waals surface area contributed by atoms with Crippen LogP contribution >= 0.6 is 0 Å². The lowest BCUT2D eigenvalue weighted by molar-refractivity contribution is -0.118. The summed E-state index contributed by atoms with van der Waals surface area (Å²) in [6.45, 7) is 3.23. The van der Waals surface area contributed by atoms with Gasteiger partial charge in [-0.2, -0.15) is 5.26 Å². The SMILES string of the molecule is Cc1ccc(-c2cc(C(=O)O)cc(N3CCNCC3=O)c2)c(C#N)c1. The van der Waals surface area contributed by atoms with E-state index < -0.39 is 5.97 Å². The van der Waals surface area contributed by atoms with Gasteiger partial charge in [0.2, 0.25) is 5.91 Å². The Labute approximate surface area is 145 Å². The molecule has 1 saturated heterocycles. The number of hydrogen-bond donors (Lipinski definition) is 2. The van der Waals surface area contributed by atoms with E-state index in [0.717, 1.165) is 5.56 Å². The van der Waals surface area contributed by atoms with Gasteiger partial charge in [-0.15, -0.1) is 0 Å². The average molecular weight is 335 g/mol. The number of hydrogen-bond acceptors (Lipinski definition) is 4. The Hall–Kier alpha value is -3.17. The van der Waals surface area contributed by atoms with Crippen LogP contribution in [0.15, 0.2) is 36.4 Å². The molecule has 2 aromatic rings. The van der Waals surface area contributed by atoms with Crippen molar-refractivity contribution in [3.63, 3.8) is 0 Å². The standard InChI is InChI=1S/C19H17N3O3/c1-12-2-3-17(15(6-12)10-20)13-7-14(19(24)25)9-16(8-13)22-5-4-21-11-18(22)23/h2-3,6-9,21H,4-5,11H2,1H3,(H,24,25). The lowest BCUT2D eigenvalue weighted by Gasteiger charge is -2.28. The van der Waals surface area contributed by atoms with E-state index in [2.05, 4.69) is 11.4 Å². The van der Waals surface area contributed by atoms with Crippen LogP contribution in [-0.4, -0.2) is 36.6 Å². The van der Waals surface area contributed by atoms with Crippen molar-refractivity contribution in [1.82, 2.24) is 5.32 Å². The predicted molar refractivity (Wildman–Crippen MR) is 93.5 cm³/mol. The van der Waals surface area contributed by atoms with Gasteiger partial charge in [-0.1, -0.05) is 12.1 Å². The van der Waals surface area contributed by atoms with Crippen molar-refractivity contribution in [3.8, 4) is 17.2 Å². The third-order valence-corrected chi connectivity index (χ3v) is 4.17. The number of aromatic carboxylic acids is 1. The summed E-state index contributed by atoms with van der Waals surface area (Å²) in [5.41, 5.74) is 3.30. The number of nitrogens with zero attached hydrogens (tertiary/aromatic N) is 2. The van der Waals surface area contributed by atoms with E-state index in [0.29, 0.717) is 35.5 Å². The number of piperazine rings is 1. The van der Waals surface area contributed by atoms with E-state index in [-0.39, 0.29) is 18.0 Å². The van der Waals surface area contributed by atoms with Crippen LogP contribution in [0.3, 0.4) is 0 Å². The molecule has 1 amide bonds. The second-order valence-corrected chi connectivity index (χ2v) is 5.96. The second-order valence-electron chi connectivity index (χ2n) is 5.96. The molecule has 0 radical (unpaired) electrons. The van der Waals surface area contributed by atoms with Crippen LogP contribution in [0.25, 0.3) is 11.1 Å². The Balaban J connectivity index is 2.16. The molecule has 6 nitrogen and oxygen atoms in total. The third-order valence-electron chi connectivity index (χ3n) is 4.17. The minimum atomic E-state index is -1.07. The zero-order valence-corrected chi connectivity index (χ0v) is 13.7. The van der Waals surface area contributed by atoms with E-state index in [1.807, 2.05) is 13.0 Å². The molecule has 2 N–H and O–H groups in total. The number of carboxylic acid groups (broad SMARTS) is 1. The van der Waals surface area contributed by atoms with Crippen molar-refractivity contribution in [2.75, 3.05) is 24.5 Å². The Bertz CT molecular complexity index is 899. The van der Waals surface area contributed by atoms with Crippen molar-refractivity contribution in [2.24, 2.45) is 0 Å². The molecule has 6 heteroatoms. The van der Waals surface area contributed by atoms with Crippen molar-refractivity contribution >= 4 is 17.6 Å². The molecule has 0 saturated carbocycles. The van der Waals surface area contributed by atoms with E-state index in [9.17, 15) is 20.0 Å². The highest BCUT2D eigenvalue weighted by molar-refractivity contribution is 5.99. The molecule has 126 valence electrons. The molecule has 1 heterocycles. The maximum Gasteiger partial charge on any atom is 0.335 e. The summed E-state index contributed by atoms with van der Waals surface area (Å²) >= 11 is 0. The maximum atomic E-state index is 12.2. The van der Waals surface area contributed by atoms with Crippen molar-refractivity contribution in [2.45, 2.75) is 6.92 Å². The van der Waals surface area contributed by atoms with Gasteiger partial charge in [-0.05, 0) is 47.9 Å². The molecule has 0 aromatic heterocycles. The molecule has 25 heavy (non-hydrogen) atoms. The molecule has 1 aliphatic heterocycles. The van der Waals surface area contributed by atoms with Crippen LogP contribution in [0, 0.1) is 18.3 Å². The summed E-state index contributed by atoms with van der Waals surface area (Å²) in [4.78, 5) is 25.3. The largest absolute Gasteiger partial charge is 0.478 e. The van der Waals surface area contributed by atoms with Gasteiger partial charge in [0.1, 0.15) is 0 Å². The Morgan fingerprint density at radius 1 is 1.28 bits per heavy atom. The highest BCUT2D eigenvalue weighted by Gasteiger charge is 2.21. The Morgan fingerprint density at radius 3 is 2.76 bits per heavy atom. The minimum Gasteiger partial charge on any atom is -0.478 e. The molecular formula is C19H17N3O3. The van der Waals surface area contributed by atoms with Crippen molar-refractivity contribution in [3.05, 3.63) is 53.1 Å². The number of rotatable bonds is 3. The first-order chi connectivity index (χ1) is 12.0. The van der Waals surface area contributed by atoms with Gasteiger partial charge < -0.3 is 15.3 Å². The van der Waals surface area contributed by atoms with Gasteiger partial charge in [-0.25, -0.2) is 4.79 Å². The number of carbonyl (C=O) groups excluding carboxylic acids is 1. The van der Waals surface area contributed by atoms with Gasteiger partial charge in [0, 0.05) is 18.8 Å². The fraction of sp³-hybridized carbons (Fsp3) is 0.211. The number of nitrogens with one attached hydrogen (secondary N) is 1. The van der Waals surface area contributed by atoms with E-state index in [1.54, 1.807) is 23.1 Å². The number of amides is 1. The van der Waals surface area contributed by atoms with Gasteiger partial charge >= 0.3 is 5.97 Å². The third kappa shape index (κ3) is 3.37. The zero-order valence-electron chi connectivity index (χ0n) is 13.7. The molecule has 0 spiro atoms. The Morgan fingerprint density at radius 2 is 2.08 bits per heavy atom. The average Bonchev–Trinajstić information content (AvgIpc) is 2.61. The minimum absolute atomic E-state index is 0.0864. The van der Waals surface area contributed by atoms with Gasteiger partial charge in [0.15, 0.2) is 0 Å². The number of carboxylic acids is 1. The first-order valence-corrected chi connectivity index (χ1v) is 7.90. The first-order valence-electron chi connectivity index (χ1n) is 7.90. The number of benzene rings is 2. The number of aryl methyl sites for hydroxylation is 1. The summed E-state index contributed by atoms with van der Waals surface area (Å²) in [6, 6.07) is 12.4. The summed E-state index contributed by atoms with van der Waals surface area (Å²) in [5, 5.41) is 21.8. The fourth-order valence-corrected chi connectivity index (χ4v) is 2.93. The summed E-state index contributed by atoms with van der Waals surface area (Å²) < 4.78 is 0. The van der Waals surface area contributed by atoms with Gasteiger partial charge in [-0.3, -0.25) is 4.79 Å². The van der Waals surface area contributed by atoms with Crippen molar-refractivity contribution in [1.29, 1.82) is 5.26 Å². The summed E-state index contributed by atoms with van der Waals surface area (Å²) in [6.07, 6.45) is 0. The molecule has 0 unspecified atom stereocenters. The molecule has 0 atom stereocenters.